The summed E-state index contributed by atoms with van der Waals surface area (Å²) >= 11 is 0. The fraction of sp³-hybridized carbons (Fsp3) is 0.517. The molecule has 1 aliphatic heterocycles. The number of amides is 2. The molecule has 5 rings (SSSR count). The first-order valence-electron chi connectivity index (χ1n) is 13.7. The third-order valence-corrected chi connectivity index (χ3v) is 9.39. The van der Waals surface area contributed by atoms with E-state index in [4.69, 9.17) is 5.73 Å². The van der Waals surface area contributed by atoms with Gasteiger partial charge in [-0.2, -0.15) is 0 Å². The normalized spacial score (nSPS) is 30.8. The Morgan fingerprint density at radius 2 is 1.93 bits per heavy atom. The number of allylic oxidation sites excluding steroid dienone is 1. The number of hydrogen-bond acceptors (Lipinski definition) is 9. The highest BCUT2D eigenvalue weighted by Gasteiger charge is 2.63. The van der Waals surface area contributed by atoms with E-state index in [1.54, 1.807) is 26.0 Å². The highest BCUT2D eigenvalue weighted by atomic mass is 19.1. The number of anilines is 1. The Bertz CT molecular complexity index is 1470. The number of nitrogens with two attached hydrogens (primary N) is 1. The number of nitrogens with one attached hydrogen (secondary N) is 1. The van der Waals surface area contributed by atoms with Crippen molar-refractivity contribution in [3.63, 3.8) is 0 Å². The average Bonchev–Trinajstić information content (AvgIpc) is 3.01. The molecule has 11 nitrogen and oxygen atoms in total. The first kappa shape index (κ1) is 28.9. The fourth-order valence-corrected chi connectivity index (χ4v) is 7.24. The highest BCUT2D eigenvalue weighted by Crippen LogP contribution is 2.52. The minimum Gasteiger partial charge on any atom is -0.510 e. The van der Waals surface area contributed by atoms with E-state index in [9.17, 15) is 34.5 Å². The van der Waals surface area contributed by atoms with Crippen molar-refractivity contribution in [2.75, 3.05) is 26.5 Å². The van der Waals surface area contributed by atoms with Gasteiger partial charge in [-0.05, 0) is 51.9 Å². The Hall–Kier alpha value is -3.61. The Morgan fingerprint density at radius 3 is 2.51 bits per heavy atom. The second-order valence-corrected chi connectivity index (χ2v) is 11.9. The summed E-state index contributed by atoms with van der Waals surface area (Å²) in [5.41, 5.74) is 1.95. The summed E-state index contributed by atoms with van der Waals surface area (Å²) in [7, 11) is 4.86. The summed E-state index contributed by atoms with van der Waals surface area (Å²) < 4.78 is 16.2. The lowest BCUT2D eigenvalue weighted by molar-refractivity contribution is -0.148. The van der Waals surface area contributed by atoms with Gasteiger partial charge in [-0.25, -0.2) is 4.39 Å². The second-order valence-electron chi connectivity index (χ2n) is 11.9. The molecule has 6 N–H and O–H groups in total. The Morgan fingerprint density at radius 1 is 1.27 bits per heavy atom. The summed E-state index contributed by atoms with van der Waals surface area (Å²) in [6.45, 7) is 4.02. The number of Topliss-reactive ketones (excluding diaryl/α,β-unsaturated/α-hetero) is 2. The zero-order valence-electron chi connectivity index (χ0n) is 23.6. The molecule has 0 saturated heterocycles. The van der Waals surface area contributed by atoms with Crippen LogP contribution in [0.15, 0.2) is 28.7 Å². The van der Waals surface area contributed by atoms with Crippen LogP contribution >= 0.6 is 0 Å². The number of likely N-dealkylation sites (N-methyl/N-ethyl adjacent to an activating group) is 2. The molecule has 220 valence electrons. The lowest BCUT2D eigenvalue weighted by Crippen LogP contribution is -2.63. The molecular formula is C29H35FN4O7. The van der Waals surface area contributed by atoms with Crippen molar-refractivity contribution in [2.45, 2.75) is 57.3 Å². The van der Waals surface area contributed by atoms with Gasteiger partial charge in [0.25, 0.3) is 5.91 Å². The van der Waals surface area contributed by atoms with Crippen LogP contribution in [0.4, 0.5) is 10.1 Å². The molecule has 0 spiro atoms. The maximum atomic E-state index is 16.2. The van der Waals surface area contributed by atoms with Crippen LogP contribution in [0.3, 0.4) is 0 Å². The van der Waals surface area contributed by atoms with Crippen molar-refractivity contribution >= 4 is 29.1 Å². The topological polar surface area (TPSA) is 173 Å². The number of hydrogen-bond donors (Lipinski definition) is 5. The van der Waals surface area contributed by atoms with E-state index in [-0.39, 0.29) is 59.2 Å². The summed E-state index contributed by atoms with van der Waals surface area (Å²) in [5.74, 6) is -7.88. The molecule has 0 aromatic heterocycles. The van der Waals surface area contributed by atoms with Crippen LogP contribution in [-0.4, -0.2) is 87.3 Å². The summed E-state index contributed by atoms with van der Waals surface area (Å²) in [6.07, 6.45) is 0.624. The van der Waals surface area contributed by atoms with Gasteiger partial charge >= 0.3 is 0 Å². The van der Waals surface area contributed by atoms with Crippen LogP contribution in [0.25, 0.3) is 0 Å². The van der Waals surface area contributed by atoms with Crippen molar-refractivity contribution in [3.05, 3.63) is 51.2 Å². The minimum absolute atomic E-state index is 0.0137. The smallest absolute Gasteiger partial charge is 0.255 e. The zero-order chi connectivity index (χ0) is 30.3. The third-order valence-electron chi connectivity index (χ3n) is 9.39. The van der Waals surface area contributed by atoms with Crippen LogP contribution in [0.2, 0.25) is 0 Å². The molecular weight excluding hydrogens is 535 g/mol. The minimum atomic E-state index is -2.71. The fourth-order valence-electron chi connectivity index (χ4n) is 7.24. The first-order valence-corrected chi connectivity index (χ1v) is 13.7. The number of ketones is 2. The van der Waals surface area contributed by atoms with E-state index < -0.39 is 69.9 Å². The number of nitrogens with zero attached hydrogens (tertiary/aromatic N) is 2. The van der Waals surface area contributed by atoms with E-state index >= 15 is 4.39 Å². The molecule has 1 unspecified atom stereocenters. The average molecular weight is 571 g/mol. The molecule has 4 aliphatic rings. The molecule has 2 amide bonds. The zero-order valence-corrected chi connectivity index (χ0v) is 23.6. The Labute approximate surface area is 236 Å². The lowest BCUT2D eigenvalue weighted by Gasteiger charge is -2.50. The van der Waals surface area contributed by atoms with Gasteiger partial charge in [-0.1, -0.05) is 20.3 Å². The van der Waals surface area contributed by atoms with Crippen molar-refractivity contribution in [2.24, 2.45) is 23.5 Å². The molecule has 1 aromatic carbocycles. The molecule has 0 bridgehead atoms. The van der Waals surface area contributed by atoms with E-state index in [1.807, 2.05) is 13.8 Å². The van der Waals surface area contributed by atoms with Gasteiger partial charge in [0.15, 0.2) is 11.4 Å². The van der Waals surface area contributed by atoms with Crippen LogP contribution in [0.1, 0.15) is 48.2 Å². The van der Waals surface area contributed by atoms with E-state index in [2.05, 4.69) is 5.32 Å². The standard InChI is InChI=1S/C29H35FN4O7/c1-6-11(2)21-28(40)32-17-9-14-13(20(30)15(17)10-34(21)5)7-12-8-16-22(33(3)4)24(36)19(27(31)39)26(38)29(16,41)25(37)18(12)23(14)35/h9,11-12,16,21-22,36-37,41H,6-8,10H2,1-5H3,(H2,31,39)(H,32,40)/t11?,12-,16-,21+,22-,29-/m0/s1. The predicted octanol–water partition coefficient (Wildman–Crippen LogP) is 1.35. The molecule has 3 aliphatic carbocycles. The maximum absolute atomic E-state index is 16.2. The number of rotatable bonds is 4. The molecule has 41 heavy (non-hydrogen) atoms. The van der Waals surface area contributed by atoms with Crippen molar-refractivity contribution in [1.29, 1.82) is 0 Å². The lowest BCUT2D eigenvalue weighted by atomic mass is 9.58. The molecule has 1 aromatic rings. The van der Waals surface area contributed by atoms with Gasteiger partial charge in [0.05, 0.1) is 12.1 Å². The van der Waals surface area contributed by atoms with Crippen LogP contribution < -0.4 is 11.1 Å². The summed E-state index contributed by atoms with van der Waals surface area (Å²) in [6, 6.07) is -0.224. The molecule has 0 fully saturated rings. The highest BCUT2D eigenvalue weighted by molar-refractivity contribution is 6.24. The largest absolute Gasteiger partial charge is 0.510 e. The molecule has 0 saturated carbocycles. The first-order chi connectivity index (χ1) is 19.2. The Balaban J connectivity index is 1.65. The van der Waals surface area contributed by atoms with Crippen LogP contribution in [0.5, 0.6) is 0 Å². The molecule has 0 radical (unpaired) electrons. The number of primary amides is 1. The SMILES string of the molecule is CCC(C)[C@@H]1C(=O)Nc2cc3c(c(F)c2CN1C)C[C@H]1C[C@H]2[C@H](N(C)C)C(O)=C(C(N)=O)C(=O)[C@@]2(O)C(O)=C1C3=O. The quantitative estimate of drug-likeness (QED) is 0.335. The monoisotopic (exact) mass is 570 g/mol. The van der Waals surface area contributed by atoms with Gasteiger partial charge in [-0.3, -0.25) is 29.0 Å². The maximum Gasteiger partial charge on any atom is 0.255 e. The van der Waals surface area contributed by atoms with Gasteiger partial charge in [-0.15, -0.1) is 0 Å². The van der Waals surface area contributed by atoms with E-state index in [0.717, 1.165) is 6.42 Å². The summed E-state index contributed by atoms with van der Waals surface area (Å²) in [5, 5.41) is 36.7. The van der Waals surface area contributed by atoms with Crippen LogP contribution in [0, 0.1) is 23.6 Å². The van der Waals surface area contributed by atoms with Crippen LogP contribution in [-0.2, 0) is 27.3 Å². The van der Waals surface area contributed by atoms with E-state index in [0.29, 0.717) is 0 Å². The number of fused-ring (bicyclic) bond motifs is 4. The second kappa shape index (κ2) is 9.74. The van der Waals surface area contributed by atoms with Gasteiger partial charge in [0.1, 0.15) is 22.9 Å². The number of halogens is 1. The molecule has 6 atom stereocenters. The van der Waals surface area contributed by atoms with Gasteiger partial charge < -0.3 is 26.4 Å². The number of benzene rings is 1. The molecule has 1 heterocycles. The van der Waals surface area contributed by atoms with E-state index in [1.165, 1.54) is 11.0 Å². The van der Waals surface area contributed by atoms with Gasteiger partial charge in [0, 0.05) is 40.4 Å². The van der Waals surface area contributed by atoms with Crippen molar-refractivity contribution in [3.8, 4) is 0 Å². The number of aliphatic hydroxyl groups excluding tert-OH is 2. The number of carbonyl (C=O) groups is 4. The van der Waals surface area contributed by atoms with Crippen molar-refractivity contribution in [1.82, 2.24) is 9.80 Å². The summed E-state index contributed by atoms with van der Waals surface area (Å²) in [4.78, 5) is 55.8. The third kappa shape index (κ3) is 3.95. The number of carbonyl (C=O) groups excluding carboxylic acids is 4. The molecule has 12 heteroatoms. The predicted molar refractivity (Wildman–Crippen MR) is 145 cm³/mol. The van der Waals surface area contributed by atoms with Crippen molar-refractivity contribution < 1.29 is 38.9 Å². The Kier molecular flexibility index (Phi) is 6.87. The number of aliphatic hydroxyl groups is 3. The van der Waals surface area contributed by atoms with Gasteiger partial charge in [0.2, 0.25) is 11.7 Å².